The molecule has 0 radical (unpaired) electrons. The molecule has 1 fully saturated rings. The van der Waals surface area contributed by atoms with Crippen LogP contribution in [0.3, 0.4) is 0 Å². The van der Waals surface area contributed by atoms with Gasteiger partial charge in [0.1, 0.15) is 6.61 Å². The highest BCUT2D eigenvalue weighted by Gasteiger charge is 2.31. The number of nitrogens with zero attached hydrogens (tertiary/aromatic N) is 2. The number of nitrogens with one attached hydrogen (secondary N) is 1. The molecule has 2 rings (SSSR count). The van der Waals surface area contributed by atoms with Crippen LogP contribution in [-0.4, -0.2) is 29.7 Å². The zero-order valence-electron chi connectivity index (χ0n) is 10.2. The maximum absolute atomic E-state index is 11.7. The lowest BCUT2D eigenvalue weighted by atomic mass is 10.2. The van der Waals surface area contributed by atoms with Gasteiger partial charge >= 0.3 is 0 Å². The molecular formula is C12H14ClN3O2. The van der Waals surface area contributed by atoms with E-state index in [1.54, 1.807) is 13.1 Å². The van der Waals surface area contributed by atoms with Crippen LogP contribution in [0.5, 0.6) is 0 Å². The minimum absolute atomic E-state index is 0.145. The van der Waals surface area contributed by atoms with Crippen LogP contribution in [0.4, 0.5) is 0 Å². The minimum atomic E-state index is -0.179. The molecule has 0 saturated carbocycles. The molecule has 18 heavy (non-hydrogen) atoms. The van der Waals surface area contributed by atoms with Crippen LogP contribution in [0.1, 0.15) is 12.5 Å². The van der Waals surface area contributed by atoms with Crippen molar-refractivity contribution in [3.05, 3.63) is 34.9 Å². The highest BCUT2D eigenvalue weighted by atomic mass is 35.5. The van der Waals surface area contributed by atoms with E-state index in [2.05, 4.69) is 10.6 Å². The van der Waals surface area contributed by atoms with Gasteiger partial charge in [0.05, 0.1) is 6.04 Å². The molecule has 1 aliphatic heterocycles. The zero-order chi connectivity index (χ0) is 13.1. The Morgan fingerprint density at radius 1 is 1.50 bits per heavy atom. The van der Waals surface area contributed by atoms with E-state index in [0.717, 1.165) is 5.56 Å². The third-order valence-corrected chi connectivity index (χ3v) is 3.03. The van der Waals surface area contributed by atoms with Gasteiger partial charge in [-0.05, 0) is 13.0 Å². The first-order valence-electron chi connectivity index (χ1n) is 5.57. The van der Waals surface area contributed by atoms with Gasteiger partial charge in [0.2, 0.25) is 0 Å². The third-order valence-electron chi connectivity index (χ3n) is 2.66. The van der Waals surface area contributed by atoms with Crippen LogP contribution in [-0.2, 0) is 16.2 Å². The van der Waals surface area contributed by atoms with Gasteiger partial charge in [-0.1, -0.05) is 35.0 Å². The monoisotopic (exact) mass is 267 g/mol. The second-order valence-electron chi connectivity index (χ2n) is 4.06. The molecule has 1 amide bonds. The summed E-state index contributed by atoms with van der Waals surface area (Å²) in [5, 5.41) is 5.89. The maximum atomic E-state index is 11.7. The van der Waals surface area contributed by atoms with Crippen molar-refractivity contribution in [1.82, 2.24) is 10.4 Å². The second kappa shape index (κ2) is 5.37. The highest BCUT2D eigenvalue weighted by molar-refractivity contribution is 6.42. The first kappa shape index (κ1) is 12.9. The van der Waals surface area contributed by atoms with Crippen molar-refractivity contribution in [2.45, 2.75) is 19.6 Å². The van der Waals surface area contributed by atoms with E-state index in [-0.39, 0.29) is 18.6 Å². The molecule has 1 atom stereocenters. The van der Waals surface area contributed by atoms with E-state index in [1.165, 1.54) is 5.01 Å². The molecule has 1 saturated heterocycles. The van der Waals surface area contributed by atoms with Gasteiger partial charge in [0.25, 0.3) is 5.91 Å². The lowest BCUT2D eigenvalue weighted by Gasteiger charge is -2.06. The van der Waals surface area contributed by atoms with Crippen molar-refractivity contribution in [1.29, 1.82) is 0 Å². The number of carbonyl (C=O) groups excluding carboxylic acids is 1. The predicted octanol–water partition coefficient (Wildman–Crippen LogP) is 1.58. The molecule has 1 aromatic carbocycles. The highest BCUT2D eigenvalue weighted by Crippen LogP contribution is 2.16. The first-order chi connectivity index (χ1) is 8.59. The maximum Gasteiger partial charge on any atom is 0.287 e. The average Bonchev–Trinajstić information content (AvgIpc) is 2.58. The Labute approximate surface area is 110 Å². The Kier molecular flexibility index (Phi) is 3.84. The number of rotatable bonds is 3. The van der Waals surface area contributed by atoms with Crippen LogP contribution in [0.15, 0.2) is 29.4 Å². The van der Waals surface area contributed by atoms with Gasteiger partial charge in [0.15, 0.2) is 5.71 Å². The van der Waals surface area contributed by atoms with Crippen LogP contribution < -0.4 is 5.43 Å². The van der Waals surface area contributed by atoms with Crippen molar-refractivity contribution < 1.29 is 9.63 Å². The van der Waals surface area contributed by atoms with Gasteiger partial charge in [-0.3, -0.25) is 9.80 Å². The molecule has 1 N–H and O–H groups in total. The van der Waals surface area contributed by atoms with Crippen molar-refractivity contribution in [3.8, 4) is 0 Å². The number of hydrogen-bond acceptors (Lipinski definition) is 4. The molecule has 5 nitrogen and oxygen atoms in total. The number of hydrogen-bond donors (Lipinski definition) is 1. The fraction of sp³-hybridized carbons (Fsp3) is 0.333. The van der Waals surface area contributed by atoms with Crippen LogP contribution in [0, 0.1) is 0 Å². The Balaban J connectivity index is 2.00. The normalized spacial score (nSPS) is 21.7. The SMILES string of the molecule is CC1NN(C)C(=O)C1=NOCc1ccccc1Cl. The Morgan fingerprint density at radius 2 is 2.22 bits per heavy atom. The third kappa shape index (κ3) is 2.63. The van der Waals surface area contributed by atoms with Crippen molar-refractivity contribution in [3.63, 3.8) is 0 Å². The lowest BCUT2D eigenvalue weighted by Crippen LogP contribution is -2.32. The van der Waals surface area contributed by atoms with Crippen LogP contribution in [0.2, 0.25) is 5.02 Å². The molecule has 0 aromatic heterocycles. The van der Waals surface area contributed by atoms with Crippen molar-refractivity contribution in [2.75, 3.05) is 7.05 Å². The van der Waals surface area contributed by atoms with Gasteiger partial charge in [-0.15, -0.1) is 0 Å². The van der Waals surface area contributed by atoms with E-state index >= 15 is 0 Å². The molecule has 1 aliphatic rings. The fourth-order valence-electron chi connectivity index (χ4n) is 1.67. The Hall–Kier alpha value is -1.59. The van der Waals surface area contributed by atoms with Crippen LogP contribution in [0.25, 0.3) is 0 Å². The van der Waals surface area contributed by atoms with E-state index in [9.17, 15) is 4.79 Å². The summed E-state index contributed by atoms with van der Waals surface area (Å²) in [7, 11) is 1.65. The summed E-state index contributed by atoms with van der Waals surface area (Å²) in [6, 6.07) is 7.21. The number of halogens is 1. The summed E-state index contributed by atoms with van der Waals surface area (Å²) in [6.45, 7) is 2.09. The van der Waals surface area contributed by atoms with E-state index in [0.29, 0.717) is 10.7 Å². The molecule has 0 aliphatic carbocycles. The summed E-state index contributed by atoms with van der Waals surface area (Å²) < 4.78 is 0. The first-order valence-corrected chi connectivity index (χ1v) is 5.95. The number of benzene rings is 1. The largest absolute Gasteiger partial charge is 0.390 e. The fourth-order valence-corrected chi connectivity index (χ4v) is 1.86. The van der Waals surface area contributed by atoms with Gasteiger partial charge in [0, 0.05) is 17.6 Å². The van der Waals surface area contributed by atoms with E-state index < -0.39 is 0 Å². The minimum Gasteiger partial charge on any atom is -0.390 e. The molecule has 0 spiro atoms. The summed E-state index contributed by atoms with van der Waals surface area (Å²) in [4.78, 5) is 16.8. The van der Waals surface area contributed by atoms with Crippen molar-refractivity contribution in [2.24, 2.45) is 5.16 Å². The van der Waals surface area contributed by atoms with Gasteiger partial charge in [-0.2, -0.15) is 0 Å². The Bertz CT molecular complexity index is 490. The second-order valence-corrected chi connectivity index (χ2v) is 4.46. The molecule has 6 heteroatoms. The summed E-state index contributed by atoms with van der Waals surface area (Å²) in [6.07, 6.45) is 0. The van der Waals surface area contributed by atoms with E-state index in [1.807, 2.05) is 25.1 Å². The topological polar surface area (TPSA) is 53.9 Å². The number of oxime groups is 1. The van der Waals surface area contributed by atoms with Gasteiger partial charge < -0.3 is 4.84 Å². The molecule has 1 heterocycles. The molecule has 1 aromatic rings. The van der Waals surface area contributed by atoms with Crippen molar-refractivity contribution >= 4 is 23.2 Å². The summed E-state index contributed by atoms with van der Waals surface area (Å²) in [5.74, 6) is -0.179. The quantitative estimate of drug-likeness (QED) is 0.846. The predicted molar refractivity (Wildman–Crippen MR) is 69.0 cm³/mol. The van der Waals surface area contributed by atoms with E-state index in [4.69, 9.17) is 16.4 Å². The molecular weight excluding hydrogens is 254 g/mol. The van der Waals surface area contributed by atoms with Crippen LogP contribution >= 0.6 is 11.6 Å². The average molecular weight is 268 g/mol. The summed E-state index contributed by atoms with van der Waals surface area (Å²) >= 11 is 5.98. The molecule has 96 valence electrons. The number of hydrazine groups is 1. The summed E-state index contributed by atoms with van der Waals surface area (Å²) in [5.41, 5.74) is 4.12. The van der Waals surface area contributed by atoms with Gasteiger partial charge in [-0.25, -0.2) is 5.43 Å². The standard InChI is InChI=1S/C12H14ClN3O2/c1-8-11(12(17)16(2)14-8)15-18-7-9-5-3-4-6-10(9)13/h3-6,8,14H,7H2,1-2H3. The zero-order valence-corrected chi connectivity index (χ0v) is 10.9. The number of carbonyl (C=O) groups is 1. The Morgan fingerprint density at radius 3 is 2.83 bits per heavy atom. The smallest absolute Gasteiger partial charge is 0.287 e. The molecule has 1 unspecified atom stereocenters. The number of amides is 1. The lowest BCUT2D eigenvalue weighted by molar-refractivity contribution is -0.123. The molecule has 0 bridgehead atoms.